The molecule has 92 valence electrons. The fraction of sp³-hybridized carbons (Fsp3) is 0.538. The molecule has 2 atom stereocenters. The number of aromatic nitrogens is 1. The van der Waals surface area contributed by atoms with E-state index in [-0.39, 0.29) is 5.91 Å². The number of carbonyl (C=O) groups excluding carboxylic acids is 1. The van der Waals surface area contributed by atoms with Crippen molar-refractivity contribution in [3.05, 3.63) is 28.5 Å². The van der Waals surface area contributed by atoms with Gasteiger partial charge in [-0.25, -0.2) is 4.98 Å². The molecular formula is C13H17BrN2O. The highest BCUT2D eigenvalue weighted by Crippen LogP contribution is 2.24. The number of halogens is 1. The van der Waals surface area contributed by atoms with Gasteiger partial charge in [0.15, 0.2) is 0 Å². The van der Waals surface area contributed by atoms with Crippen LogP contribution in [0.3, 0.4) is 0 Å². The number of rotatable bonds is 1. The van der Waals surface area contributed by atoms with Crippen molar-refractivity contribution in [3.8, 4) is 0 Å². The largest absolute Gasteiger partial charge is 0.332 e. The van der Waals surface area contributed by atoms with Crippen molar-refractivity contribution in [2.45, 2.75) is 45.2 Å². The molecular weight excluding hydrogens is 280 g/mol. The van der Waals surface area contributed by atoms with Gasteiger partial charge in [-0.2, -0.15) is 0 Å². The predicted octanol–water partition coefficient (Wildman–Crippen LogP) is 3.25. The molecule has 0 aliphatic carbocycles. The van der Waals surface area contributed by atoms with Crippen LogP contribution in [0.5, 0.6) is 0 Å². The summed E-state index contributed by atoms with van der Waals surface area (Å²) in [6.45, 7) is 4.23. The summed E-state index contributed by atoms with van der Waals surface area (Å²) in [7, 11) is 0. The Balaban J connectivity index is 2.24. The van der Waals surface area contributed by atoms with Crippen molar-refractivity contribution in [1.29, 1.82) is 0 Å². The van der Waals surface area contributed by atoms with E-state index in [0.29, 0.717) is 22.4 Å². The molecule has 3 nitrogen and oxygen atoms in total. The zero-order valence-corrected chi connectivity index (χ0v) is 11.8. The zero-order chi connectivity index (χ0) is 12.4. The Kier molecular flexibility index (Phi) is 3.82. The first-order valence-corrected chi connectivity index (χ1v) is 6.84. The number of hydrogen-bond acceptors (Lipinski definition) is 2. The Morgan fingerprint density at radius 3 is 2.59 bits per heavy atom. The maximum absolute atomic E-state index is 12.4. The monoisotopic (exact) mass is 296 g/mol. The van der Waals surface area contributed by atoms with Gasteiger partial charge in [-0.1, -0.05) is 6.07 Å². The van der Waals surface area contributed by atoms with Gasteiger partial charge in [-0.3, -0.25) is 4.79 Å². The zero-order valence-electron chi connectivity index (χ0n) is 10.2. The minimum absolute atomic E-state index is 0.0472. The van der Waals surface area contributed by atoms with E-state index in [2.05, 4.69) is 34.8 Å². The van der Waals surface area contributed by atoms with Crippen LogP contribution in [0.1, 0.15) is 43.6 Å². The lowest BCUT2D eigenvalue weighted by atomic mass is 9.97. The maximum atomic E-state index is 12.4. The molecule has 1 aromatic heterocycles. The van der Waals surface area contributed by atoms with Gasteiger partial charge in [0.1, 0.15) is 10.3 Å². The van der Waals surface area contributed by atoms with Crippen LogP contribution in [-0.2, 0) is 0 Å². The molecule has 2 heterocycles. The van der Waals surface area contributed by atoms with E-state index in [1.54, 1.807) is 6.07 Å². The molecule has 1 aliphatic rings. The molecule has 1 saturated heterocycles. The van der Waals surface area contributed by atoms with Gasteiger partial charge < -0.3 is 4.90 Å². The number of pyridine rings is 1. The Morgan fingerprint density at radius 1 is 1.35 bits per heavy atom. The molecule has 17 heavy (non-hydrogen) atoms. The van der Waals surface area contributed by atoms with E-state index in [9.17, 15) is 4.79 Å². The van der Waals surface area contributed by atoms with Gasteiger partial charge in [0.05, 0.1) is 0 Å². The second kappa shape index (κ2) is 5.17. The number of hydrogen-bond donors (Lipinski definition) is 0. The Bertz CT molecular complexity index is 412. The molecule has 0 N–H and O–H groups in total. The molecule has 1 aliphatic heterocycles. The molecule has 0 saturated carbocycles. The van der Waals surface area contributed by atoms with Crippen molar-refractivity contribution < 1.29 is 4.79 Å². The van der Waals surface area contributed by atoms with Crippen molar-refractivity contribution >= 4 is 21.8 Å². The maximum Gasteiger partial charge on any atom is 0.272 e. The average molecular weight is 297 g/mol. The summed E-state index contributed by atoms with van der Waals surface area (Å²) in [5.41, 5.74) is 0.528. The molecule has 0 bridgehead atoms. The first-order chi connectivity index (χ1) is 8.09. The molecule has 4 heteroatoms. The lowest BCUT2D eigenvalue weighted by Gasteiger charge is -2.38. The van der Waals surface area contributed by atoms with E-state index in [0.717, 1.165) is 12.8 Å². The predicted molar refractivity (Wildman–Crippen MR) is 70.9 cm³/mol. The highest BCUT2D eigenvalue weighted by Gasteiger charge is 2.30. The van der Waals surface area contributed by atoms with Crippen molar-refractivity contribution in [1.82, 2.24) is 9.88 Å². The first kappa shape index (κ1) is 12.6. The van der Waals surface area contributed by atoms with E-state index in [1.807, 2.05) is 17.0 Å². The van der Waals surface area contributed by atoms with Gasteiger partial charge in [0, 0.05) is 12.1 Å². The normalized spacial score (nSPS) is 24.8. The fourth-order valence-corrected chi connectivity index (χ4v) is 2.82. The van der Waals surface area contributed by atoms with Crippen LogP contribution in [0.4, 0.5) is 0 Å². The van der Waals surface area contributed by atoms with Crippen molar-refractivity contribution in [3.63, 3.8) is 0 Å². The Hall–Kier alpha value is -0.900. The van der Waals surface area contributed by atoms with E-state index >= 15 is 0 Å². The summed E-state index contributed by atoms with van der Waals surface area (Å²) in [5.74, 6) is 0.0472. The highest BCUT2D eigenvalue weighted by molar-refractivity contribution is 9.10. The number of likely N-dealkylation sites (tertiary alicyclic amines) is 1. The fourth-order valence-electron chi connectivity index (χ4n) is 2.48. The smallest absolute Gasteiger partial charge is 0.272 e. The SMILES string of the molecule is C[C@@H]1CCC[C@H](C)N1C(=O)c1cccc(Br)n1. The van der Waals surface area contributed by atoms with Gasteiger partial charge >= 0.3 is 0 Å². The third-order valence-corrected chi connectivity index (χ3v) is 3.80. The molecule has 1 amide bonds. The van der Waals surface area contributed by atoms with Crippen LogP contribution in [0.2, 0.25) is 0 Å². The molecule has 1 fully saturated rings. The molecule has 0 unspecified atom stereocenters. The molecule has 0 radical (unpaired) electrons. The van der Waals surface area contributed by atoms with Gasteiger partial charge in [-0.05, 0) is 61.2 Å². The number of amides is 1. The lowest BCUT2D eigenvalue weighted by molar-refractivity contribution is 0.0504. The minimum Gasteiger partial charge on any atom is -0.332 e. The molecule has 2 rings (SSSR count). The van der Waals surface area contributed by atoms with Crippen LogP contribution in [-0.4, -0.2) is 27.9 Å². The topological polar surface area (TPSA) is 33.2 Å². The minimum atomic E-state index is 0.0472. The number of piperidine rings is 1. The quantitative estimate of drug-likeness (QED) is 0.746. The van der Waals surface area contributed by atoms with Gasteiger partial charge in [0.2, 0.25) is 0 Å². The van der Waals surface area contributed by atoms with Crippen LogP contribution in [0, 0.1) is 0 Å². The van der Waals surface area contributed by atoms with E-state index in [4.69, 9.17) is 0 Å². The Morgan fingerprint density at radius 2 is 2.00 bits per heavy atom. The second-order valence-electron chi connectivity index (χ2n) is 4.69. The molecule has 0 aromatic carbocycles. The van der Waals surface area contributed by atoms with E-state index < -0.39 is 0 Å². The second-order valence-corrected chi connectivity index (χ2v) is 5.50. The molecule has 0 spiro atoms. The summed E-state index contributed by atoms with van der Waals surface area (Å²) in [6, 6.07) is 6.09. The van der Waals surface area contributed by atoms with Crippen LogP contribution in [0.25, 0.3) is 0 Å². The van der Waals surface area contributed by atoms with E-state index in [1.165, 1.54) is 6.42 Å². The standard InChI is InChI=1S/C13H17BrN2O/c1-9-5-3-6-10(2)16(9)13(17)11-7-4-8-12(14)15-11/h4,7-10H,3,5-6H2,1-2H3/t9-,10+. The van der Waals surface area contributed by atoms with Crippen LogP contribution in [0.15, 0.2) is 22.8 Å². The summed E-state index contributed by atoms with van der Waals surface area (Å²) < 4.78 is 0.709. The number of nitrogens with zero attached hydrogens (tertiary/aromatic N) is 2. The van der Waals surface area contributed by atoms with Crippen molar-refractivity contribution in [2.24, 2.45) is 0 Å². The summed E-state index contributed by atoms with van der Waals surface area (Å²) in [6.07, 6.45) is 3.38. The summed E-state index contributed by atoms with van der Waals surface area (Å²) >= 11 is 3.30. The molecule has 1 aromatic rings. The van der Waals surface area contributed by atoms with Crippen molar-refractivity contribution in [2.75, 3.05) is 0 Å². The van der Waals surface area contributed by atoms with Crippen LogP contribution < -0.4 is 0 Å². The average Bonchev–Trinajstić information content (AvgIpc) is 2.28. The summed E-state index contributed by atoms with van der Waals surface area (Å²) in [4.78, 5) is 18.6. The lowest BCUT2D eigenvalue weighted by Crippen LogP contribution is -2.47. The third kappa shape index (κ3) is 2.68. The Labute approximate surface area is 110 Å². The summed E-state index contributed by atoms with van der Waals surface area (Å²) in [5, 5.41) is 0. The van der Waals surface area contributed by atoms with Gasteiger partial charge in [0.25, 0.3) is 5.91 Å². The van der Waals surface area contributed by atoms with Crippen LogP contribution >= 0.6 is 15.9 Å². The first-order valence-electron chi connectivity index (χ1n) is 6.05. The third-order valence-electron chi connectivity index (χ3n) is 3.36. The van der Waals surface area contributed by atoms with Gasteiger partial charge in [-0.15, -0.1) is 0 Å². The highest BCUT2D eigenvalue weighted by atomic mass is 79.9. The number of carbonyl (C=O) groups is 1.